The highest BCUT2D eigenvalue weighted by Crippen LogP contribution is 2.51. The molecular weight excluding hydrogens is 223 g/mol. The van der Waals surface area contributed by atoms with Gasteiger partial charge in [-0.25, -0.2) is 4.39 Å². The molecule has 2 unspecified atom stereocenters. The first-order valence-corrected chi connectivity index (χ1v) is 6.74. The van der Waals surface area contributed by atoms with Crippen molar-refractivity contribution in [3.63, 3.8) is 0 Å². The number of thioether (sulfide) groups is 1. The Balaban J connectivity index is 1.93. The lowest BCUT2D eigenvalue weighted by Crippen LogP contribution is -2.34. The lowest BCUT2D eigenvalue weighted by Gasteiger charge is -2.36. The Kier molecular flexibility index (Phi) is 2.48. The molecule has 0 spiro atoms. The van der Waals surface area contributed by atoms with E-state index in [1.54, 1.807) is 6.07 Å². The van der Waals surface area contributed by atoms with Crippen molar-refractivity contribution in [2.75, 3.05) is 0 Å². The maximum Gasteiger partial charge on any atom is 0.123 e. The molecule has 1 nitrogen and oxygen atoms in total. The van der Waals surface area contributed by atoms with E-state index >= 15 is 0 Å². The molecule has 3 rings (SSSR count). The van der Waals surface area contributed by atoms with Crippen LogP contribution in [0.3, 0.4) is 0 Å². The monoisotopic (exact) mass is 238 g/mol. The third kappa shape index (κ3) is 1.76. The van der Waals surface area contributed by atoms with E-state index in [1.165, 1.54) is 25.0 Å². The minimum absolute atomic E-state index is 0.253. The summed E-state index contributed by atoms with van der Waals surface area (Å²) in [5.41, 5.74) is -0.0381. The molecule has 2 aliphatic heterocycles. The molecule has 2 fully saturated rings. The zero-order valence-electron chi connectivity index (χ0n) is 9.03. The number of benzene rings is 1. The fourth-order valence-corrected chi connectivity index (χ4v) is 4.76. The number of halogens is 1. The van der Waals surface area contributed by atoms with Crippen LogP contribution in [-0.2, 0) is 5.60 Å². The molecule has 0 radical (unpaired) electrons. The highest BCUT2D eigenvalue weighted by Gasteiger charge is 2.44. The quantitative estimate of drug-likeness (QED) is 0.811. The van der Waals surface area contributed by atoms with Crippen LogP contribution >= 0.6 is 11.8 Å². The van der Waals surface area contributed by atoms with Gasteiger partial charge in [0.25, 0.3) is 0 Å². The molecule has 0 aliphatic carbocycles. The Morgan fingerprint density at radius 2 is 1.94 bits per heavy atom. The van der Waals surface area contributed by atoms with Crippen molar-refractivity contribution in [3.8, 4) is 0 Å². The number of aliphatic hydroxyl groups is 1. The smallest absolute Gasteiger partial charge is 0.123 e. The van der Waals surface area contributed by atoms with Gasteiger partial charge in [-0.2, -0.15) is 11.8 Å². The molecule has 16 heavy (non-hydrogen) atoms. The Labute approximate surface area is 99.1 Å². The summed E-state index contributed by atoms with van der Waals surface area (Å²) in [6, 6.07) is 6.44. The van der Waals surface area contributed by atoms with Crippen molar-refractivity contribution >= 4 is 11.8 Å². The van der Waals surface area contributed by atoms with Crippen LogP contribution in [0.2, 0.25) is 0 Å². The van der Waals surface area contributed by atoms with E-state index < -0.39 is 5.60 Å². The van der Waals surface area contributed by atoms with E-state index in [2.05, 4.69) is 0 Å². The summed E-state index contributed by atoms with van der Waals surface area (Å²) in [5, 5.41) is 11.8. The van der Waals surface area contributed by atoms with Crippen molar-refractivity contribution in [2.24, 2.45) is 0 Å². The van der Waals surface area contributed by atoms with Gasteiger partial charge in [0.05, 0.1) is 5.60 Å². The fourth-order valence-electron chi connectivity index (χ4n) is 2.93. The molecule has 2 bridgehead atoms. The highest BCUT2D eigenvalue weighted by molar-refractivity contribution is 8.00. The number of rotatable bonds is 1. The van der Waals surface area contributed by atoms with Crippen LogP contribution in [0.4, 0.5) is 4.39 Å². The van der Waals surface area contributed by atoms with Crippen molar-refractivity contribution in [3.05, 3.63) is 35.6 Å². The summed E-state index contributed by atoms with van der Waals surface area (Å²) < 4.78 is 13.2. The molecule has 86 valence electrons. The normalized spacial score (nSPS) is 37.6. The summed E-state index contributed by atoms with van der Waals surface area (Å²) >= 11 is 2.00. The number of fused-ring (bicyclic) bond motifs is 2. The van der Waals surface area contributed by atoms with Gasteiger partial charge in [-0.1, -0.05) is 12.1 Å². The van der Waals surface area contributed by atoms with Crippen LogP contribution < -0.4 is 0 Å². The largest absolute Gasteiger partial charge is 0.385 e. The van der Waals surface area contributed by atoms with E-state index in [-0.39, 0.29) is 5.82 Å². The average molecular weight is 238 g/mol. The summed E-state index contributed by atoms with van der Waals surface area (Å²) in [6.07, 6.45) is 3.95. The second-order valence-electron chi connectivity index (χ2n) is 4.91. The zero-order valence-corrected chi connectivity index (χ0v) is 9.84. The van der Waals surface area contributed by atoms with Gasteiger partial charge in [0.2, 0.25) is 0 Å². The van der Waals surface area contributed by atoms with Gasteiger partial charge in [-0.05, 0) is 43.4 Å². The molecule has 1 aromatic rings. The van der Waals surface area contributed by atoms with Gasteiger partial charge in [0, 0.05) is 10.5 Å². The standard InChI is InChI=1S/C13H15FOS/c14-10-3-1-2-9(6-10)13(15)7-11-4-5-12(8-13)16-11/h1-3,6,11-12,15H,4-5,7-8H2. The minimum atomic E-state index is -0.792. The number of hydrogen-bond acceptors (Lipinski definition) is 2. The lowest BCUT2D eigenvalue weighted by molar-refractivity contribution is 0.0193. The maximum absolute atomic E-state index is 13.2. The first-order valence-electron chi connectivity index (χ1n) is 5.80. The molecule has 2 aliphatic rings. The third-order valence-corrected chi connectivity index (χ3v) is 5.26. The molecule has 2 heterocycles. The van der Waals surface area contributed by atoms with Crippen molar-refractivity contribution < 1.29 is 9.50 Å². The molecule has 2 atom stereocenters. The van der Waals surface area contributed by atoms with Crippen LogP contribution in [0.1, 0.15) is 31.2 Å². The minimum Gasteiger partial charge on any atom is -0.385 e. The number of hydrogen-bond donors (Lipinski definition) is 1. The topological polar surface area (TPSA) is 20.2 Å². The van der Waals surface area contributed by atoms with Gasteiger partial charge >= 0.3 is 0 Å². The van der Waals surface area contributed by atoms with Crippen LogP contribution in [0.15, 0.2) is 24.3 Å². The molecular formula is C13H15FOS. The second kappa shape index (κ2) is 3.74. The first-order chi connectivity index (χ1) is 7.66. The van der Waals surface area contributed by atoms with Gasteiger partial charge in [0.1, 0.15) is 5.82 Å². The van der Waals surface area contributed by atoms with Gasteiger partial charge < -0.3 is 5.11 Å². The summed E-state index contributed by atoms with van der Waals surface area (Å²) in [5.74, 6) is -0.253. The molecule has 3 heteroatoms. The average Bonchev–Trinajstić information content (AvgIpc) is 2.59. The van der Waals surface area contributed by atoms with E-state index in [9.17, 15) is 9.50 Å². The molecule has 0 amide bonds. The van der Waals surface area contributed by atoms with Crippen molar-refractivity contribution in [2.45, 2.75) is 41.8 Å². The molecule has 1 aromatic carbocycles. The van der Waals surface area contributed by atoms with Crippen LogP contribution in [0.25, 0.3) is 0 Å². The maximum atomic E-state index is 13.2. The van der Waals surface area contributed by atoms with Gasteiger partial charge in [-0.15, -0.1) is 0 Å². The summed E-state index contributed by atoms with van der Waals surface area (Å²) in [7, 11) is 0. The van der Waals surface area contributed by atoms with Crippen molar-refractivity contribution in [1.29, 1.82) is 0 Å². The summed E-state index contributed by atoms with van der Waals surface area (Å²) in [4.78, 5) is 0. The van der Waals surface area contributed by atoms with Crippen LogP contribution in [-0.4, -0.2) is 15.6 Å². The summed E-state index contributed by atoms with van der Waals surface area (Å²) in [6.45, 7) is 0. The van der Waals surface area contributed by atoms with Gasteiger partial charge in [-0.3, -0.25) is 0 Å². The molecule has 0 saturated carbocycles. The fraction of sp³-hybridized carbons (Fsp3) is 0.538. The SMILES string of the molecule is OC1(c2cccc(F)c2)CC2CCC(C1)S2. The van der Waals surface area contributed by atoms with Crippen LogP contribution in [0.5, 0.6) is 0 Å². The predicted octanol–water partition coefficient (Wildman–Crippen LogP) is 3.07. The van der Waals surface area contributed by atoms with Crippen LogP contribution in [0, 0.1) is 5.82 Å². The lowest BCUT2D eigenvalue weighted by atomic mass is 9.86. The van der Waals surface area contributed by atoms with Crippen molar-refractivity contribution in [1.82, 2.24) is 0 Å². The predicted molar refractivity (Wildman–Crippen MR) is 63.9 cm³/mol. The van der Waals surface area contributed by atoms with Gasteiger partial charge in [0.15, 0.2) is 0 Å². The van der Waals surface area contributed by atoms with E-state index in [4.69, 9.17) is 0 Å². The Bertz CT molecular complexity index is 395. The molecule has 0 aromatic heterocycles. The van der Waals surface area contributed by atoms with E-state index in [1.807, 2.05) is 17.8 Å². The van der Waals surface area contributed by atoms with E-state index in [0.717, 1.165) is 18.4 Å². The zero-order chi connectivity index (χ0) is 11.2. The first kappa shape index (κ1) is 10.6. The highest BCUT2D eigenvalue weighted by atomic mass is 32.2. The molecule has 2 saturated heterocycles. The second-order valence-corrected chi connectivity index (χ2v) is 6.51. The Morgan fingerprint density at radius 3 is 2.56 bits per heavy atom. The molecule has 1 N–H and O–H groups in total. The Morgan fingerprint density at radius 1 is 1.25 bits per heavy atom. The third-order valence-electron chi connectivity index (χ3n) is 3.69. The Hall–Kier alpha value is -0.540. The van der Waals surface area contributed by atoms with E-state index in [0.29, 0.717) is 10.5 Å².